The zero-order chi connectivity index (χ0) is 17.8. The minimum atomic E-state index is -0.894. The summed E-state index contributed by atoms with van der Waals surface area (Å²) in [4.78, 5) is 27.4. The maximum absolute atomic E-state index is 14.1. The van der Waals surface area contributed by atoms with Crippen LogP contribution in [0, 0.1) is 12.7 Å². The van der Waals surface area contributed by atoms with Crippen LogP contribution in [-0.4, -0.2) is 26.6 Å². The molecule has 1 aromatic carbocycles. The Kier molecular flexibility index (Phi) is 4.55. The van der Waals surface area contributed by atoms with Gasteiger partial charge in [-0.05, 0) is 31.2 Å². The van der Waals surface area contributed by atoms with Crippen molar-refractivity contribution >= 4 is 17.5 Å². The number of anilines is 1. The lowest BCUT2D eigenvalue weighted by atomic mass is 10.2. The topological polar surface area (TPSA) is 102 Å². The Labute approximate surface area is 141 Å². The third-order valence-corrected chi connectivity index (χ3v) is 3.48. The van der Waals surface area contributed by atoms with Crippen molar-refractivity contribution in [1.82, 2.24) is 20.1 Å². The molecule has 128 valence electrons. The summed E-state index contributed by atoms with van der Waals surface area (Å²) in [6, 6.07) is 5.69. The summed E-state index contributed by atoms with van der Waals surface area (Å²) in [5.41, 5.74) is 1.10. The number of furan rings is 1. The molecular weight excluding hydrogens is 329 g/mol. The van der Waals surface area contributed by atoms with Gasteiger partial charge in [0.1, 0.15) is 24.1 Å². The molecule has 3 rings (SSSR count). The molecule has 0 aliphatic carbocycles. The van der Waals surface area contributed by atoms with Crippen LogP contribution in [0.5, 0.6) is 0 Å². The van der Waals surface area contributed by atoms with Gasteiger partial charge in [-0.1, -0.05) is 0 Å². The van der Waals surface area contributed by atoms with Gasteiger partial charge in [0.25, 0.3) is 0 Å². The standard InChI is InChI=1S/C16H14FN5O3/c1-10-11(4-5-25-10)7-19-15(23)16(24)21-12-2-3-14(13(17)6-12)22-9-18-8-20-22/h2-6,8-9H,7H2,1H3,(H,19,23)(H,21,24). The van der Waals surface area contributed by atoms with Crippen LogP contribution in [0.4, 0.5) is 10.1 Å². The van der Waals surface area contributed by atoms with Gasteiger partial charge in [0, 0.05) is 17.8 Å². The summed E-state index contributed by atoms with van der Waals surface area (Å²) in [5, 5.41) is 8.64. The number of carbonyl (C=O) groups is 2. The van der Waals surface area contributed by atoms with Crippen molar-refractivity contribution in [3.63, 3.8) is 0 Å². The van der Waals surface area contributed by atoms with E-state index in [0.29, 0.717) is 5.76 Å². The highest BCUT2D eigenvalue weighted by Gasteiger charge is 2.15. The minimum Gasteiger partial charge on any atom is -0.469 e. The summed E-state index contributed by atoms with van der Waals surface area (Å²) in [5.74, 6) is -1.68. The van der Waals surface area contributed by atoms with E-state index in [9.17, 15) is 14.0 Å². The molecule has 0 spiro atoms. The van der Waals surface area contributed by atoms with E-state index in [0.717, 1.165) is 11.6 Å². The quantitative estimate of drug-likeness (QED) is 0.700. The Morgan fingerprint density at radius 1 is 1.28 bits per heavy atom. The monoisotopic (exact) mass is 343 g/mol. The fourth-order valence-corrected chi connectivity index (χ4v) is 2.14. The maximum atomic E-state index is 14.1. The molecule has 0 aliphatic heterocycles. The average molecular weight is 343 g/mol. The fraction of sp³-hybridized carbons (Fsp3) is 0.125. The second-order valence-corrected chi connectivity index (χ2v) is 5.15. The van der Waals surface area contributed by atoms with Gasteiger partial charge in [0.05, 0.1) is 6.26 Å². The molecule has 3 aromatic rings. The first-order chi connectivity index (χ1) is 12.0. The molecule has 0 bridgehead atoms. The molecule has 8 nitrogen and oxygen atoms in total. The number of aromatic nitrogens is 3. The van der Waals surface area contributed by atoms with Crippen LogP contribution in [0.2, 0.25) is 0 Å². The van der Waals surface area contributed by atoms with E-state index >= 15 is 0 Å². The van der Waals surface area contributed by atoms with Crippen LogP contribution < -0.4 is 10.6 Å². The molecule has 2 amide bonds. The van der Waals surface area contributed by atoms with Gasteiger partial charge in [0.15, 0.2) is 5.82 Å². The Balaban J connectivity index is 1.61. The number of rotatable bonds is 4. The predicted octanol–water partition coefficient (Wildman–Crippen LogP) is 1.56. The smallest absolute Gasteiger partial charge is 0.313 e. The van der Waals surface area contributed by atoms with Crippen molar-refractivity contribution in [2.75, 3.05) is 5.32 Å². The van der Waals surface area contributed by atoms with Crippen LogP contribution in [0.3, 0.4) is 0 Å². The van der Waals surface area contributed by atoms with Gasteiger partial charge in [-0.3, -0.25) is 9.59 Å². The molecule has 0 fully saturated rings. The zero-order valence-electron chi connectivity index (χ0n) is 13.2. The first-order valence-electron chi connectivity index (χ1n) is 7.31. The molecule has 9 heteroatoms. The highest BCUT2D eigenvalue weighted by atomic mass is 19.1. The van der Waals surface area contributed by atoms with Crippen molar-refractivity contribution in [1.29, 1.82) is 0 Å². The van der Waals surface area contributed by atoms with Gasteiger partial charge in [0.2, 0.25) is 0 Å². The van der Waals surface area contributed by atoms with E-state index < -0.39 is 17.6 Å². The molecule has 0 radical (unpaired) electrons. The first-order valence-corrected chi connectivity index (χ1v) is 7.31. The number of nitrogens with one attached hydrogen (secondary N) is 2. The van der Waals surface area contributed by atoms with Crippen molar-refractivity contribution in [3.05, 3.63) is 60.3 Å². The number of hydrogen-bond acceptors (Lipinski definition) is 5. The summed E-state index contributed by atoms with van der Waals surface area (Å²) in [6.07, 6.45) is 4.12. The summed E-state index contributed by atoms with van der Waals surface area (Å²) in [7, 11) is 0. The number of benzene rings is 1. The number of aryl methyl sites for hydroxylation is 1. The van der Waals surface area contributed by atoms with Crippen molar-refractivity contribution in [2.45, 2.75) is 13.5 Å². The highest BCUT2D eigenvalue weighted by Crippen LogP contribution is 2.17. The van der Waals surface area contributed by atoms with Gasteiger partial charge in [-0.15, -0.1) is 0 Å². The zero-order valence-corrected chi connectivity index (χ0v) is 13.2. The third-order valence-electron chi connectivity index (χ3n) is 3.48. The second kappa shape index (κ2) is 6.95. The number of carbonyl (C=O) groups excluding carboxylic acids is 2. The summed E-state index contributed by atoms with van der Waals surface area (Å²) in [6.45, 7) is 1.91. The lowest BCUT2D eigenvalue weighted by Crippen LogP contribution is -2.35. The van der Waals surface area contributed by atoms with Crippen molar-refractivity contribution in [3.8, 4) is 5.69 Å². The van der Waals surface area contributed by atoms with Crippen LogP contribution in [0.15, 0.2) is 47.6 Å². The molecule has 0 saturated carbocycles. The number of nitrogens with zero attached hydrogens (tertiary/aromatic N) is 3. The summed E-state index contributed by atoms with van der Waals surface area (Å²) >= 11 is 0. The number of amides is 2. The highest BCUT2D eigenvalue weighted by molar-refractivity contribution is 6.39. The number of halogens is 1. The predicted molar refractivity (Wildman–Crippen MR) is 85.2 cm³/mol. The van der Waals surface area contributed by atoms with Gasteiger partial charge < -0.3 is 15.1 Å². The van der Waals surface area contributed by atoms with E-state index in [1.807, 2.05) is 0 Å². The first kappa shape index (κ1) is 16.4. The SMILES string of the molecule is Cc1occc1CNC(=O)C(=O)Nc1ccc(-n2cncn2)c(F)c1. The van der Waals surface area contributed by atoms with E-state index in [-0.39, 0.29) is 17.9 Å². The maximum Gasteiger partial charge on any atom is 0.313 e. The van der Waals surface area contributed by atoms with E-state index in [1.165, 1.54) is 35.7 Å². The van der Waals surface area contributed by atoms with Crippen LogP contribution >= 0.6 is 0 Å². The molecule has 2 heterocycles. The molecule has 2 N–H and O–H groups in total. The normalized spacial score (nSPS) is 10.5. The third kappa shape index (κ3) is 3.71. The molecule has 0 unspecified atom stereocenters. The largest absolute Gasteiger partial charge is 0.469 e. The van der Waals surface area contributed by atoms with E-state index in [2.05, 4.69) is 20.7 Å². The Morgan fingerprint density at radius 2 is 2.12 bits per heavy atom. The fourth-order valence-electron chi connectivity index (χ4n) is 2.14. The van der Waals surface area contributed by atoms with Gasteiger partial charge in [-0.25, -0.2) is 14.1 Å². The minimum absolute atomic E-state index is 0.154. The van der Waals surface area contributed by atoms with E-state index in [1.54, 1.807) is 13.0 Å². The van der Waals surface area contributed by atoms with Gasteiger partial charge >= 0.3 is 11.8 Å². The molecular formula is C16H14FN5O3. The molecule has 2 aromatic heterocycles. The number of hydrogen-bond donors (Lipinski definition) is 2. The Bertz CT molecular complexity index is 904. The summed E-state index contributed by atoms with van der Waals surface area (Å²) < 4.78 is 20.4. The van der Waals surface area contributed by atoms with Crippen molar-refractivity contribution < 1.29 is 18.4 Å². The van der Waals surface area contributed by atoms with Crippen LogP contribution in [0.25, 0.3) is 5.69 Å². The molecule has 25 heavy (non-hydrogen) atoms. The molecule has 0 saturated heterocycles. The average Bonchev–Trinajstić information content (AvgIpc) is 3.24. The Hall–Kier alpha value is -3.49. The van der Waals surface area contributed by atoms with Crippen molar-refractivity contribution in [2.24, 2.45) is 0 Å². The van der Waals surface area contributed by atoms with E-state index in [4.69, 9.17) is 4.42 Å². The van der Waals surface area contributed by atoms with Crippen LogP contribution in [0.1, 0.15) is 11.3 Å². The molecule has 0 aliphatic rings. The Morgan fingerprint density at radius 3 is 2.76 bits per heavy atom. The van der Waals surface area contributed by atoms with Crippen LogP contribution in [-0.2, 0) is 16.1 Å². The second-order valence-electron chi connectivity index (χ2n) is 5.15. The molecule has 0 atom stereocenters. The van der Waals surface area contributed by atoms with Gasteiger partial charge in [-0.2, -0.15) is 5.10 Å². The lowest BCUT2D eigenvalue weighted by Gasteiger charge is -2.08. The lowest BCUT2D eigenvalue weighted by molar-refractivity contribution is -0.136.